The van der Waals surface area contributed by atoms with Crippen LogP contribution in [-0.2, 0) is 31.9 Å². The molecule has 0 amide bonds. The van der Waals surface area contributed by atoms with Crippen molar-refractivity contribution in [2.24, 2.45) is 0 Å². The van der Waals surface area contributed by atoms with Crippen molar-refractivity contribution in [3.05, 3.63) is 19.6 Å². The monoisotopic (exact) mass is 219 g/mol. The Morgan fingerprint density at radius 1 is 1.86 bits per heavy atom. The number of hydrogen-bond donors (Lipinski definition) is 1. The fraction of sp³-hybridized carbons (Fsp3) is 0. The zero-order valence-electron chi connectivity index (χ0n) is 4.00. The molecule has 0 aromatic heterocycles. The van der Waals surface area contributed by atoms with Gasteiger partial charge in [0, 0.05) is 27.3 Å². The summed E-state index contributed by atoms with van der Waals surface area (Å²) >= 11 is 0. The Kier molecular flexibility index (Phi) is 68.6. The van der Waals surface area contributed by atoms with Crippen LogP contribution in [0.4, 0.5) is 0 Å². The summed E-state index contributed by atoms with van der Waals surface area (Å²) in [5.74, 6) is 0. The molecule has 0 unspecified atom stereocenters. The molecule has 7 heavy (non-hydrogen) atoms. The summed E-state index contributed by atoms with van der Waals surface area (Å²) < 4.78 is 8.46. The first-order chi connectivity index (χ1) is 2.83. The summed E-state index contributed by atoms with van der Waals surface area (Å²) in [6.45, 7) is 6.50. The molecule has 38 valence electrons. The number of rotatable bonds is 0. The molecule has 2 nitrogen and oxygen atoms in total. The molecule has 0 rings (SSSR count). The fourth-order valence-electron chi connectivity index (χ4n) is 0. The molecule has 1 N–H and O–H groups in total. The smallest absolute Gasteiger partial charge is 0.310 e. The van der Waals surface area contributed by atoms with Gasteiger partial charge in [-0.3, -0.25) is 0 Å². The van der Waals surface area contributed by atoms with Gasteiger partial charge in [0.05, 0.1) is 0 Å². The van der Waals surface area contributed by atoms with Gasteiger partial charge < -0.3 is 4.89 Å². The standard InChI is InChI=1S/C3H5.Cd.HO2P/c1-3-2;;1-3-2/h3H,1-2H2;;(H,1,2)/q-1;;. The predicted molar refractivity (Wildman–Crippen MR) is 25.4 cm³/mol. The van der Waals surface area contributed by atoms with E-state index in [-0.39, 0.29) is 27.3 Å². The maximum atomic E-state index is 8.46. The largest absolute Gasteiger partial charge is 0.324 e. The fourth-order valence-corrected chi connectivity index (χ4v) is 0. The van der Waals surface area contributed by atoms with Crippen molar-refractivity contribution >= 4 is 8.69 Å². The first-order valence-corrected chi connectivity index (χ1v) is 1.96. The SMILES string of the molecule is C=C[CH2-].O=PO.[Cd]. The zero-order valence-corrected chi connectivity index (χ0v) is 8.93. The van der Waals surface area contributed by atoms with Gasteiger partial charge in [-0.1, -0.05) is 0 Å². The van der Waals surface area contributed by atoms with E-state index in [4.69, 9.17) is 9.46 Å². The van der Waals surface area contributed by atoms with Gasteiger partial charge >= 0.3 is 8.69 Å². The minimum absolute atomic E-state index is 0. The first kappa shape index (κ1) is 15.6. The van der Waals surface area contributed by atoms with Crippen LogP contribution in [0.25, 0.3) is 0 Å². The van der Waals surface area contributed by atoms with Crippen LogP contribution in [0, 0.1) is 6.92 Å². The molecule has 0 saturated carbocycles. The maximum Gasteiger partial charge on any atom is 0.324 e. The van der Waals surface area contributed by atoms with E-state index in [1.165, 1.54) is 6.08 Å². The predicted octanol–water partition coefficient (Wildman–Crippen LogP) is 1.19. The number of allylic oxidation sites excluding steroid dienone is 1. The van der Waals surface area contributed by atoms with Gasteiger partial charge in [-0.05, 0) is 0 Å². The van der Waals surface area contributed by atoms with Crippen molar-refractivity contribution in [3.8, 4) is 0 Å². The Balaban J connectivity index is -0.0000000400. The summed E-state index contributed by atoms with van der Waals surface area (Å²) in [5, 5.41) is 0. The zero-order chi connectivity index (χ0) is 5.41. The van der Waals surface area contributed by atoms with E-state index in [0.717, 1.165) is 0 Å². The molecule has 0 fully saturated rings. The van der Waals surface area contributed by atoms with Crippen molar-refractivity contribution in [2.45, 2.75) is 0 Å². The van der Waals surface area contributed by atoms with Gasteiger partial charge in [-0.25, -0.2) is 24.1 Å². The molecular weight excluding hydrogens is 211 g/mol. The second kappa shape index (κ2) is 30.7. The van der Waals surface area contributed by atoms with Crippen LogP contribution in [0.1, 0.15) is 0 Å². The first-order valence-electron chi connectivity index (χ1n) is 1.20. The van der Waals surface area contributed by atoms with E-state index in [2.05, 4.69) is 13.5 Å². The Hall–Kier alpha value is 0.592. The molecule has 0 atom stereocenters. The van der Waals surface area contributed by atoms with Crippen LogP contribution in [-0.4, -0.2) is 4.89 Å². The molecular formula is C3H6CdO2P-. The normalized spacial score (nSPS) is 4.71. The Morgan fingerprint density at radius 2 is 1.86 bits per heavy atom. The van der Waals surface area contributed by atoms with Crippen molar-refractivity contribution < 1.29 is 36.8 Å². The number of hydrogen-bond acceptors (Lipinski definition) is 1. The summed E-state index contributed by atoms with van der Waals surface area (Å²) in [7, 11) is -0.833. The molecule has 0 radical (unpaired) electrons. The molecule has 0 spiro atoms. The molecule has 0 aliphatic carbocycles. The van der Waals surface area contributed by atoms with Gasteiger partial charge in [0.25, 0.3) is 0 Å². The van der Waals surface area contributed by atoms with Crippen molar-refractivity contribution in [3.63, 3.8) is 0 Å². The van der Waals surface area contributed by atoms with Crippen molar-refractivity contribution in [2.75, 3.05) is 0 Å². The Labute approximate surface area is 65.1 Å². The van der Waals surface area contributed by atoms with E-state index < -0.39 is 8.69 Å². The third kappa shape index (κ3) is 397. The molecule has 0 heterocycles. The Morgan fingerprint density at radius 3 is 1.86 bits per heavy atom. The minimum atomic E-state index is -0.833. The second-order valence-electron chi connectivity index (χ2n) is 0.370. The summed E-state index contributed by atoms with van der Waals surface area (Å²) in [5.41, 5.74) is 0. The second-order valence-corrected chi connectivity index (χ2v) is 0.534. The van der Waals surface area contributed by atoms with E-state index in [1.807, 2.05) is 0 Å². The van der Waals surface area contributed by atoms with Gasteiger partial charge in [-0.15, -0.1) is 0 Å². The molecule has 0 aliphatic rings. The molecule has 4 heteroatoms. The summed E-state index contributed by atoms with van der Waals surface area (Å²) in [4.78, 5) is 6.99. The van der Waals surface area contributed by atoms with Gasteiger partial charge in [0.15, 0.2) is 0 Å². The van der Waals surface area contributed by atoms with Gasteiger partial charge in [-0.2, -0.15) is 0 Å². The third-order valence-electron chi connectivity index (χ3n) is 0. The Bertz CT molecular complexity index is 33.9. The minimum Gasteiger partial charge on any atom is -0.310 e. The average molecular weight is 217 g/mol. The molecule has 0 saturated heterocycles. The van der Waals surface area contributed by atoms with Gasteiger partial charge in [0.1, 0.15) is 0 Å². The van der Waals surface area contributed by atoms with Crippen LogP contribution < -0.4 is 0 Å². The van der Waals surface area contributed by atoms with Gasteiger partial charge in [0.2, 0.25) is 0 Å². The van der Waals surface area contributed by atoms with E-state index in [9.17, 15) is 0 Å². The van der Waals surface area contributed by atoms with Crippen LogP contribution in [0.15, 0.2) is 12.7 Å². The van der Waals surface area contributed by atoms with E-state index >= 15 is 0 Å². The quantitative estimate of drug-likeness (QED) is 0.376. The van der Waals surface area contributed by atoms with E-state index in [1.54, 1.807) is 0 Å². The summed E-state index contributed by atoms with van der Waals surface area (Å²) in [6, 6.07) is 0. The van der Waals surface area contributed by atoms with Crippen LogP contribution >= 0.6 is 8.69 Å². The molecule has 0 aliphatic heterocycles. The van der Waals surface area contributed by atoms with Crippen LogP contribution in [0.3, 0.4) is 0 Å². The van der Waals surface area contributed by atoms with Crippen molar-refractivity contribution in [1.29, 1.82) is 0 Å². The maximum absolute atomic E-state index is 8.46. The average Bonchev–Trinajstić information content (AvgIpc) is 1.39. The van der Waals surface area contributed by atoms with Crippen molar-refractivity contribution in [1.82, 2.24) is 0 Å². The van der Waals surface area contributed by atoms with E-state index in [0.29, 0.717) is 0 Å². The molecule has 0 aromatic carbocycles. The molecule has 0 aromatic rings. The van der Waals surface area contributed by atoms with Crippen LogP contribution in [0.5, 0.6) is 0 Å². The molecule has 0 bridgehead atoms. The third-order valence-corrected chi connectivity index (χ3v) is 0. The van der Waals surface area contributed by atoms with Crippen LogP contribution in [0.2, 0.25) is 0 Å². The topological polar surface area (TPSA) is 37.3 Å². The summed E-state index contributed by atoms with van der Waals surface area (Å²) in [6.07, 6.45) is 1.50.